The Labute approximate surface area is 96.0 Å². The third kappa shape index (κ3) is 1.93. The molecule has 0 N–H and O–H groups in total. The fraction of sp³-hybridized carbons (Fsp3) is 0.833. The number of ether oxygens (including phenoxy) is 1. The fourth-order valence-electron chi connectivity index (χ4n) is 2.86. The Morgan fingerprint density at radius 1 is 1.69 bits per heavy atom. The van der Waals surface area contributed by atoms with Gasteiger partial charge in [0.05, 0.1) is 12.3 Å². The van der Waals surface area contributed by atoms with E-state index in [4.69, 9.17) is 9.57 Å². The van der Waals surface area contributed by atoms with E-state index in [1.807, 2.05) is 13.8 Å². The van der Waals surface area contributed by atoms with E-state index in [1.54, 1.807) is 0 Å². The summed E-state index contributed by atoms with van der Waals surface area (Å²) in [4.78, 5) is 16.9. The highest BCUT2D eigenvalue weighted by Crippen LogP contribution is 2.46. The van der Waals surface area contributed by atoms with Crippen LogP contribution >= 0.6 is 0 Å². The Hall–Kier alpha value is -1.06. The van der Waals surface area contributed by atoms with Crippen molar-refractivity contribution < 1.29 is 14.4 Å². The van der Waals surface area contributed by atoms with Crippen molar-refractivity contribution in [1.29, 1.82) is 0 Å². The Morgan fingerprint density at radius 3 is 3.25 bits per heavy atom. The van der Waals surface area contributed by atoms with Crippen molar-refractivity contribution in [3.63, 3.8) is 0 Å². The maximum atomic E-state index is 11.4. The summed E-state index contributed by atoms with van der Waals surface area (Å²) in [7, 11) is 0. The SMILES string of the molecule is CCOC(=O)CCC12CCCC1C(C)=NO2. The molecule has 0 aromatic rings. The number of oxime groups is 1. The molecule has 4 heteroatoms. The Balaban J connectivity index is 1.91. The second-order valence-corrected chi connectivity index (χ2v) is 4.64. The van der Waals surface area contributed by atoms with Crippen molar-refractivity contribution in [3.8, 4) is 0 Å². The van der Waals surface area contributed by atoms with Crippen LogP contribution in [-0.4, -0.2) is 23.9 Å². The quantitative estimate of drug-likeness (QED) is 0.689. The van der Waals surface area contributed by atoms with Crippen LogP contribution in [0.3, 0.4) is 0 Å². The number of fused-ring (bicyclic) bond motifs is 1. The van der Waals surface area contributed by atoms with Crippen molar-refractivity contribution in [3.05, 3.63) is 0 Å². The summed E-state index contributed by atoms with van der Waals surface area (Å²) in [6.07, 6.45) is 4.49. The monoisotopic (exact) mass is 225 g/mol. The first-order chi connectivity index (χ1) is 7.68. The minimum Gasteiger partial charge on any atom is -0.466 e. The molecule has 0 saturated heterocycles. The van der Waals surface area contributed by atoms with Gasteiger partial charge in [-0.2, -0.15) is 0 Å². The van der Waals surface area contributed by atoms with Crippen LogP contribution in [0.4, 0.5) is 0 Å². The van der Waals surface area contributed by atoms with Gasteiger partial charge in [-0.1, -0.05) is 5.16 Å². The van der Waals surface area contributed by atoms with Gasteiger partial charge in [-0.15, -0.1) is 0 Å². The van der Waals surface area contributed by atoms with Crippen molar-refractivity contribution in [1.82, 2.24) is 0 Å². The van der Waals surface area contributed by atoms with E-state index < -0.39 is 0 Å². The molecule has 4 nitrogen and oxygen atoms in total. The van der Waals surface area contributed by atoms with Gasteiger partial charge in [0, 0.05) is 18.8 Å². The smallest absolute Gasteiger partial charge is 0.305 e. The van der Waals surface area contributed by atoms with E-state index >= 15 is 0 Å². The minimum atomic E-state index is -0.198. The number of rotatable bonds is 4. The molecule has 0 amide bonds. The van der Waals surface area contributed by atoms with E-state index in [0.29, 0.717) is 18.9 Å². The zero-order valence-corrected chi connectivity index (χ0v) is 9.99. The number of nitrogens with zero attached hydrogens (tertiary/aromatic N) is 1. The summed E-state index contributed by atoms with van der Waals surface area (Å²) in [6.45, 7) is 4.29. The van der Waals surface area contributed by atoms with E-state index in [-0.39, 0.29) is 11.6 Å². The summed E-state index contributed by atoms with van der Waals surface area (Å²) < 4.78 is 4.94. The van der Waals surface area contributed by atoms with Crippen LogP contribution in [0.5, 0.6) is 0 Å². The first kappa shape index (κ1) is 11.4. The summed E-state index contributed by atoms with van der Waals surface area (Å²) in [5.74, 6) is 0.289. The average Bonchev–Trinajstić information content (AvgIpc) is 2.79. The van der Waals surface area contributed by atoms with Gasteiger partial charge >= 0.3 is 5.97 Å². The van der Waals surface area contributed by atoms with Crippen molar-refractivity contribution >= 4 is 11.7 Å². The fourth-order valence-corrected chi connectivity index (χ4v) is 2.86. The molecule has 2 rings (SSSR count). The molecule has 0 bridgehead atoms. The average molecular weight is 225 g/mol. The molecule has 1 fully saturated rings. The van der Waals surface area contributed by atoms with Gasteiger partial charge in [-0.05, 0) is 33.1 Å². The molecule has 2 atom stereocenters. The van der Waals surface area contributed by atoms with Crippen LogP contribution in [0, 0.1) is 5.92 Å². The Kier molecular flexibility index (Phi) is 3.17. The van der Waals surface area contributed by atoms with Gasteiger partial charge in [0.2, 0.25) is 0 Å². The van der Waals surface area contributed by atoms with Crippen LogP contribution in [-0.2, 0) is 14.4 Å². The van der Waals surface area contributed by atoms with Crippen LogP contribution in [0.1, 0.15) is 46.0 Å². The van der Waals surface area contributed by atoms with Crippen molar-refractivity contribution in [2.45, 2.75) is 51.6 Å². The second-order valence-electron chi connectivity index (χ2n) is 4.64. The van der Waals surface area contributed by atoms with E-state index in [0.717, 1.165) is 25.0 Å². The lowest BCUT2D eigenvalue weighted by atomic mass is 9.84. The van der Waals surface area contributed by atoms with Crippen LogP contribution in [0.2, 0.25) is 0 Å². The van der Waals surface area contributed by atoms with Gasteiger partial charge in [-0.3, -0.25) is 4.79 Å². The molecular formula is C12H19NO3. The van der Waals surface area contributed by atoms with Crippen LogP contribution < -0.4 is 0 Å². The molecule has 0 aromatic heterocycles. The minimum absolute atomic E-state index is 0.129. The Morgan fingerprint density at radius 2 is 2.50 bits per heavy atom. The van der Waals surface area contributed by atoms with Gasteiger partial charge in [0.15, 0.2) is 0 Å². The number of hydrogen-bond acceptors (Lipinski definition) is 4. The molecular weight excluding hydrogens is 206 g/mol. The van der Waals surface area contributed by atoms with Gasteiger partial charge in [-0.25, -0.2) is 0 Å². The normalized spacial score (nSPS) is 31.9. The van der Waals surface area contributed by atoms with Crippen molar-refractivity contribution in [2.24, 2.45) is 11.1 Å². The maximum Gasteiger partial charge on any atom is 0.305 e. The molecule has 1 aliphatic heterocycles. The van der Waals surface area contributed by atoms with Crippen molar-refractivity contribution in [2.75, 3.05) is 6.61 Å². The Bertz CT molecular complexity index is 313. The number of carbonyl (C=O) groups is 1. The zero-order chi connectivity index (χ0) is 11.6. The van der Waals surface area contributed by atoms with E-state index in [9.17, 15) is 4.79 Å². The second kappa shape index (κ2) is 4.44. The first-order valence-corrected chi connectivity index (χ1v) is 6.06. The molecule has 1 saturated carbocycles. The maximum absolute atomic E-state index is 11.4. The predicted octanol–water partition coefficient (Wildman–Crippen LogP) is 2.27. The summed E-state index contributed by atoms with van der Waals surface area (Å²) in [5.41, 5.74) is 0.887. The summed E-state index contributed by atoms with van der Waals surface area (Å²) in [6, 6.07) is 0. The third-order valence-electron chi connectivity index (χ3n) is 3.66. The topological polar surface area (TPSA) is 47.9 Å². The number of carbonyl (C=O) groups excluding carboxylic acids is 1. The molecule has 2 unspecified atom stereocenters. The largest absolute Gasteiger partial charge is 0.466 e. The number of esters is 1. The summed E-state index contributed by atoms with van der Waals surface area (Å²) >= 11 is 0. The molecule has 0 spiro atoms. The standard InChI is InChI=1S/C12H19NO3/c1-3-15-11(14)6-8-12-7-4-5-10(12)9(2)13-16-12/h10H,3-8H2,1-2H3. The van der Waals surface area contributed by atoms with Crippen LogP contribution in [0.25, 0.3) is 0 Å². The lowest BCUT2D eigenvalue weighted by molar-refractivity contribution is -0.145. The molecule has 1 heterocycles. The molecule has 16 heavy (non-hydrogen) atoms. The molecule has 0 aromatic carbocycles. The van der Waals surface area contributed by atoms with E-state index in [1.165, 1.54) is 6.42 Å². The molecule has 1 aliphatic carbocycles. The highest BCUT2D eigenvalue weighted by Gasteiger charge is 2.50. The van der Waals surface area contributed by atoms with Gasteiger partial charge < -0.3 is 9.57 Å². The summed E-state index contributed by atoms with van der Waals surface area (Å²) in [5, 5.41) is 4.08. The zero-order valence-electron chi connectivity index (χ0n) is 9.99. The molecule has 90 valence electrons. The van der Waals surface area contributed by atoms with Gasteiger partial charge in [0.25, 0.3) is 0 Å². The number of hydrogen-bond donors (Lipinski definition) is 0. The third-order valence-corrected chi connectivity index (χ3v) is 3.66. The highest BCUT2D eigenvalue weighted by molar-refractivity contribution is 5.86. The van der Waals surface area contributed by atoms with Gasteiger partial charge in [0.1, 0.15) is 5.60 Å². The molecule has 2 aliphatic rings. The lowest BCUT2D eigenvalue weighted by Gasteiger charge is -2.26. The lowest BCUT2D eigenvalue weighted by Crippen LogP contribution is -2.34. The van der Waals surface area contributed by atoms with Crippen LogP contribution in [0.15, 0.2) is 5.16 Å². The highest BCUT2D eigenvalue weighted by atomic mass is 16.7. The first-order valence-electron chi connectivity index (χ1n) is 6.06. The predicted molar refractivity (Wildman–Crippen MR) is 60.1 cm³/mol. The molecule has 0 radical (unpaired) electrons. The van der Waals surface area contributed by atoms with E-state index in [2.05, 4.69) is 5.16 Å².